The third-order valence-corrected chi connectivity index (χ3v) is 23.2. The highest BCUT2D eigenvalue weighted by atomic mass is 35.5. The molecule has 2 unspecified atom stereocenters. The number of aryl methyl sites for hydroxylation is 1. The quantitative estimate of drug-likeness (QED) is 0.0185. The Hall–Kier alpha value is -11.2. The van der Waals surface area contributed by atoms with E-state index in [4.69, 9.17) is 43.9 Å². The number of Topliss-reactive ketones (excluding diaryl/α,β-unsaturated/α-hetero) is 1. The number of carbonyl (C=O) groups is 13. The highest BCUT2D eigenvalue weighted by Crippen LogP contribution is 2.45. The Morgan fingerprint density at radius 2 is 0.975 bits per heavy atom. The second kappa shape index (κ2) is 40.2. The Kier molecular flexibility index (Phi) is 30.0. The number of carboxylic acids is 2. The molecule has 0 saturated carbocycles. The number of anilines is 3. The summed E-state index contributed by atoms with van der Waals surface area (Å²) in [6.07, 6.45) is 4.85. The Bertz CT molecular complexity index is 4870. The number of hydrogen-bond donors (Lipinski definition) is 8. The van der Waals surface area contributed by atoms with Crippen LogP contribution in [0.25, 0.3) is 0 Å². The molecule has 2 aliphatic carbocycles. The number of imide groups is 4. The van der Waals surface area contributed by atoms with Gasteiger partial charge in [0.15, 0.2) is 0 Å². The Morgan fingerprint density at radius 1 is 0.550 bits per heavy atom. The van der Waals surface area contributed by atoms with E-state index < -0.39 is 83.8 Å². The number of amides is 10. The zero-order valence-electron chi connectivity index (χ0n) is 66.2. The SMILES string of the molecule is C[C@@H]1C[C@@H](O)c2ncnc(N3CCN(C(=O)[C@H](CCCCC(=O)CCCNc4cccc5c4C(=O)N(C4CCC(=O)NC4=O)C5=O)c4ccc(Cl)cc4)CC3)c21.C[C@@H]1C[C@@H](O)c2ncnc(N3CCN(C(=O)[C@H](CCCCC(=O)O)c4ccc(Cl)cc4)CC3)c21.NCCCc1cccc2c1C(=O)N(C1CCC(=O)NC1=O)C2=O.O=C(O)C(F)(F)F. The van der Waals surface area contributed by atoms with Crippen molar-refractivity contribution >= 4 is 117 Å². The molecule has 6 aliphatic heterocycles. The number of nitrogens with two attached hydrogens (primary N) is 1. The normalized spacial score (nSPS) is 20.4. The molecule has 4 aromatic carbocycles. The first kappa shape index (κ1) is 89.6. The monoisotopic (exact) mass is 1700 g/mol. The van der Waals surface area contributed by atoms with E-state index in [1.807, 2.05) is 34.1 Å². The van der Waals surface area contributed by atoms with E-state index >= 15 is 0 Å². The number of aromatic nitrogens is 4. The van der Waals surface area contributed by atoms with E-state index in [2.05, 4.69) is 59.5 Å². The highest BCUT2D eigenvalue weighted by molar-refractivity contribution is 6.31. The molecular formula is C84H95Cl2F3N14O17. The number of rotatable bonds is 26. The maximum absolute atomic E-state index is 14.0. The molecule has 14 rings (SSSR count). The van der Waals surface area contributed by atoms with Gasteiger partial charge in [0.05, 0.1) is 57.7 Å². The number of carboxylic acid groups (broad SMARTS) is 2. The molecule has 36 heteroatoms. The van der Waals surface area contributed by atoms with Crippen LogP contribution in [0.4, 0.5) is 30.5 Å². The number of aliphatic hydroxyl groups excluding tert-OH is 2. The molecule has 6 aromatic rings. The minimum Gasteiger partial charge on any atom is -0.481 e. The van der Waals surface area contributed by atoms with Crippen molar-refractivity contribution in [2.45, 2.75) is 184 Å². The molecule has 120 heavy (non-hydrogen) atoms. The van der Waals surface area contributed by atoms with Gasteiger partial charge in [-0.15, -0.1) is 0 Å². The molecule has 4 fully saturated rings. The van der Waals surface area contributed by atoms with E-state index in [-0.39, 0.29) is 90.4 Å². The molecule has 31 nitrogen and oxygen atoms in total. The van der Waals surface area contributed by atoms with Gasteiger partial charge in [0.1, 0.15) is 42.2 Å². The number of piperazine rings is 2. The fraction of sp³-hybridized carbons (Fsp3) is 0.464. The molecule has 9 N–H and O–H groups in total. The van der Waals surface area contributed by atoms with E-state index in [1.54, 1.807) is 60.7 Å². The minimum absolute atomic E-state index is 0.0442. The van der Waals surface area contributed by atoms with Crippen LogP contribution in [0.3, 0.4) is 0 Å². The number of piperidine rings is 2. The standard InChI is InChI=1S/C41H46ClN7O7.C25H31ClN4O4.C16H17N3O4.C2HF3O2/c1-24-22-32(51)36-34(24)37(45-23-44-36)47-18-20-48(21-19-47)39(54)28(25-11-13-26(42)14-12-25)8-3-2-6-27(50)7-5-17-43-30-10-4-9-29-35(30)41(56)49(40(29)55)31-15-16-33(52)46-38(31)53;1-16-14-20(31)23-22(16)24(28-15-27-23)29-10-12-30(13-11-29)25(34)19(4-2-3-5-21(32)33)17-6-8-18(26)9-7-17;17-8-2-4-9-3-1-5-10-13(9)16(23)19(15(10)22)11-6-7-12(20)18-14(11)21;3-2(4,5)1(6)7/h4,9-14,23-24,28,31-32,43,51H,2-3,5-8,15-22H2,1H3,(H,46,52,53);6-9,15-16,19-20,31H,2-5,10-14H2,1H3,(H,32,33);1,3,5,11H,2,4,6-8,17H2,(H,18,20,21);(H,6,7)/t24-,28-,31?,32-;16-,19-,20-;;/m11../s1. The van der Waals surface area contributed by atoms with Gasteiger partial charge in [-0.3, -0.25) is 78.0 Å². The lowest BCUT2D eigenvalue weighted by Crippen LogP contribution is -2.54. The number of fused-ring (bicyclic) bond motifs is 4. The molecule has 4 saturated heterocycles. The van der Waals surface area contributed by atoms with Gasteiger partial charge in [0.2, 0.25) is 35.4 Å². The number of nitrogens with one attached hydrogen (secondary N) is 3. The van der Waals surface area contributed by atoms with Gasteiger partial charge in [-0.05, 0) is 148 Å². The predicted octanol–water partition coefficient (Wildman–Crippen LogP) is 8.89. The summed E-state index contributed by atoms with van der Waals surface area (Å²) < 4.78 is 31.7. The fourth-order valence-corrected chi connectivity index (χ4v) is 16.8. The van der Waals surface area contributed by atoms with Crippen LogP contribution in [0.5, 0.6) is 0 Å². The fourth-order valence-electron chi connectivity index (χ4n) is 16.6. The van der Waals surface area contributed by atoms with Crippen molar-refractivity contribution in [1.82, 2.24) is 50.2 Å². The number of nitrogens with zero attached hydrogens (tertiary/aromatic N) is 10. The number of benzene rings is 4. The number of halogens is 5. The number of alkyl halides is 3. The van der Waals surface area contributed by atoms with Gasteiger partial charge < -0.3 is 51.1 Å². The summed E-state index contributed by atoms with van der Waals surface area (Å²) >= 11 is 12.2. The first-order chi connectivity index (χ1) is 57.3. The van der Waals surface area contributed by atoms with Gasteiger partial charge >= 0.3 is 18.1 Å². The number of ketones is 1. The van der Waals surface area contributed by atoms with Crippen molar-refractivity contribution in [3.63, 3.8) is 0 Å². The lowest BCUT2D eigenvalue weighted by molar-refractivity contribution is -0.192. The summed E-state index contributed by atoms with van der Waals surface area (Å²) in [4.78, 5) is 187. The van der Waals surface area contributed by atoms with Gasteiger partial charge in [0.25, 0.3) is 23.6 Å². The minimum atomic E-state index is -5.08. The molecule has 2 aromatic heterocycles. The van der Waals surface area contributed by atoms with Gasteiger partial charge in [-0.1, -0.05) is 92.4 Å². The van der Waals surface area contributed by atoms with Crippen LogP contribution < -0.4 is 31.5 Å². The number of carbonyl (C=O) groups excluding carboxylic acids is 11. The number of aliphatic hydroxyl groups is 2. The first-order valence-corrected chi connectivity index (χ1v) is 40.9. The smallest absolute Gasteiger partial charge is 0.481 e. The van der Waals surface area contributed by atoms with Crippen molar-refractivity contribution in [2.75, 3.05) is 80.6 Å². The summed E-state index contributed by atoms with van der Waals surface area (Å²) in [5.41, 5.74) is 13.0. The van der Waals surface area contributed by atoms with E-state index in [0.29, 0.717) is 181 Å². The number of hydrogen-bond acceptors (Lipinski definition) is 23. The Balaban J connectivity index is 0.000000185. The van der Waals surface area contributed by atoms with Crippen LogP contribution in [0.1, 0.15) is 240 Å². The second-order valence-electron chi connectivity index (χ2n) is 30.7. The zero-order chi connectivity index (χ0) is 86.4. The largest absolute Gasteiger partial charge is 0.490 e. The van der Waals surface area contributed by atoms with Crippen LogP contribution in [0.2, 0.25) is 10.0 Å². The van der Waals surface area contributed by atoms with E-state index in [9.17, 15) is 80.9 Å². The van der Waals surface area contributed by atoms with Crippen LogP contribution >= 0.6 is 23.2 Å². The van der Waals surface area contributed by atoms with Crippen molar-refractivity contribution in [1.29, 1.82) is 0 Å². The van der Waals surface area contributed by atoms with Crippen LogP contribution in [0.15, 0.2) is 97.6 Å². The highest BCUT2D eigenvalue weighted by Gasteiger charge is 2.48. The van der Waals surface area contributed by atoms with Gasteiger partial charge in [-0.2, -0.15) is 13.2 Å². The Morgan fingerprint density at radius 3 is 1.41 bits per heavy atom. The van der Waals surface area contributed by atoms with Gasteiger partial charge in [-0.25, -0.2) is 24.7 Å². The maximum atomic E-state index is 14.0. The predicted molar refractivity (Wildman–Crippen MR) is 431 cm³/mol. The molecule has 8 atom stereocenters. The third-order valence-electron chi connectivity index (χ3n) is 22.7. The van der Waals surface area contributed by atoms with Crippen LogP contribution in [0, 0.1) is 0 Å². The maximum Gasteiger partial charge on any atom is 0.490 e. The average molecular weight is 1700 g/mol. The lowest BCUT2D eigenvalue weighted by atomic mass is 9.91. The number of aliphatic carboxylic acids is 2. The van der Waals surface area contributed by atoms with Gasteiger partial charge in [0, 0.05) is 118 Å². The Labute approximate surface area is 698 Å². The van der Waals surface area contributed by atoms with Crippen LogP contribution in [-0.4, -0.2) is 220 Å². The van der Waals surface area contributed by atoms with Crippen LogP contribution in [-0.2, 0) is 49.6 Å². The topological polar surface area (TPSA) is 436 Å². The van der Waals surface area contributed by atoms with Crippen molar-refractivity contribution in [3.05, 3.63) is 169 Å². The molecule has 10 amide bonds. The lowest BCUT2D eigenvalue weighted by Gasteiger charge is -2.38. The third kappa shape index (κ3) is 21.1. The zero-order valence-corrected chi connectivity index (χ0v) is 67.7. The molecule has 8 aliphatic rings. The molecular weight excluding hydrogens is 1600 g/mol. The summed E-state index contributed by atoms with van der Waals surface area (Å²) in [6, 6.07) is 22.8. The molecule has 638 valence electrons. The molecule has 0 bridgehead atoms. The van der Waals surface area contributed by atoms with E-state index in [0.717, 1.165) is 54.9 Å². The van der Waals surface area contributed by atoms with Crippen molar-refractivity contribution in [3.8, 4) is 0 Å². The summed E-state index contributed by atoms with van der Waals surface area (Å²) in [7, 11) is 0. The van der Waals surface area contributed by atoms with E-state index in [1.165, 1.54) is 12.7 Å². The van der Waals surface area contributed by atoms with Crippen molar-refractivity contribution in [2.24, 2.45) is 5.73 Å². The molecule has 0 radical (unpaired) electrons. The second-order valence-corrected chi connectivity index (χ2v) is 31.6. The first-order valence-electron chi connectivity index (χ1n) is 40.1. The van der Waals surface area contributed by atoms with Crippen molar-refractivity contribution < 1.29 is 95.9 Å². The number of unbranched alkanes of at least 4 members (excludes halogenated alkanes) is 2. The molecule has 8 heterocycles. The summed E-state index contributed by atoms with van der Waals surface area (Å²) in [6.45, 7) is 9.84. The summed E-state index contributed by atoms with van der Waals surface area (Å²) in [5, 5.41) is 45.6. The summed E-state index contributed by atoms with van der Waals surface area (Å²) in [5.74, 6) is -6.17. The average Bonchev–Trinajstić information content (AvgIpc) is 1.60. The molecule has 0 spiro atoms.